The molecule has 1 saturated heterocycles. The van der Waals surface area contributed by atoms with E-state index in [1.807, 2.05) is 28.0 Å². The molecule has 1 aromatic heterocycles. The highest BCUT2D eigenvalue weighted by Crippen LogP contribution is 2.46. The molecule has 0 bridgehead atoms. The summed E-state index contributed by atoms with van der Waals surface area (Å²) in [6, 6.07) is 12.9. The fraction of sp³-hybridized carbons (Fsp3) is 0.556. The number of anilines is 1. The maximum Gasteiger partial charge on any atom is 0.416 e. The second kappa shape index (κ2) is 10.2. The Hall–Kier alpha value is -2.61. The Bertz CT molecular complexity index is 1000. The molecular formula is C27H35F3N4O. The van der Waals surface area contributed by atoms with Crippen LogP contribution in [0.15, 0.2) is 48.7 Å². The third-order valence-electron chi connectivity index (χ3n) is 7.83. The first-order valence-electron chi connectivity index (χ1n) is 12.5. The van der Waals surface area contributed by atoms with E-state index in [-0.39, 0.29) is 23.9 Å². The van der Waals surface area contributed by atoms with Crippen molar-refractivity contribution in [3.8, 4) is 0 Å². The lowest BCUT2D eigenvalue weighted by Crippen LogP contribution is -2.54. The number of hydrogen-bond acceptors (Lipinski definition) is 4. The summed E-state index contributed by atoms with van der Waals surface area (Å²) >= 11 is 0. The van der Waals surface area contributed by atoms with E-state index in [9.17, 15) is 18.0 Å². The van der Waals surface area contributed by atoms with Crippen LogP contribution in [0.4, 0.5) is 19.0 Å². The fourth-order valence-corrected chi connectivity index (χ4v) is 5.60. The molecule has 4 rings (SSSR count). The van der Waals surface area contributed by atoms with Gasteiger partial charge >= 0.3 is 6.18 Å². The Labute approximate surface area is 205 Å². The van der Waals surface area contributed by atoms with Crippen molar-refractivity contribution in [2.45, 2.75) is 58.3 Å². The van der Waals surface area contributed by atoms with Gasteiger partial charge in [-0.3, -0.25) is 4.79 Å². The zero-order chi connectivity index (χ0) is 25.2. The summed E-state index contributed by atoms with van der Waals surface area (Å²) in [5.41, 5.74) is 0.124. The zero-order valence-corrected chi connectivity index (χ0v) is 20.7. The quantitative estimate of drug-likeness (QED) is 0.600. The van der Waals surface area contributed by atoms with E-state index in [4.69, 9.17) is 0 Å². The van der Waals surface area contributed by atoms with Crippen LogP contribution >= 0.6 is 0 Å². The molecule has 0 radical (unpaired) electrons. The average molecular weight is 489 g/mol. The third kappa shape index (κ3) is 5.47. The first kappa shape index (κ1) is 25.5. The molecule has 3 atom stereocenters. The number of piperazine rings is 1. The van der Waals surface area contributed by atoms with Crippen molar-refractivity contribution < 1.29 is 18.0 Å². The number of rotatable bonds is 6. The highest BCUT2D eigenvalue weighted by Gasteiger charge is 2.49. The zero-order valence-electron chi connectivity index (χ0n) is 20.7. The summed E-state index contributed by atoms with van der Waals surface area (Å²) in [5, 5.41) is 3.73. The topological polar surface area (TPSA) is 48.5 Å². The molecule has 0 spiro atoms. The Morgan fingerprint density at radius 3 is 2.40 bits per heavy atom. The number of benzene rings is 1. The molecule has 190 valence electrons. The van der Waals surface area contributed by atoms with Gasteiger partial charge < -0.3 is 15.1 Å². The fourth-order valence-electron chi connectivity index (χ4n) is 5.60. The first-order valence-corrected chi connectivity index (χ1v) is 12.5. The standard InChI is InChI=1S/C27H35F3N4O/c1-19(2)26(11-9-23(18-26)32-20(3)21-7-5-4-6-8-21)25(35)34-15-13-33(14-16-34)24-17-22(10-12-31-24)27(28,29)30/h4-8,10,12,17,19-20,23,32H,9,11,13-16,18H2,1-3H3/t20?,23-,26+/m1/s1. The number of amides is 1. The molecule has 1 saturated carbocycles. The van der Waals surface area contributed by atoms with Crippen LogP contribution in [-0.2, 0) is 11.0 Å². The molecule has 8 heteroatoms. The maximum absolute atomic E-state index is 13.8. The van der Waals surface area contributed by atoms with Gasteiger partial charge in [0.25, 0.3) is 0 Å². The predicted molar refractivity (Wildman–Crippen MR) is 131 cm³/mol. The van der Waals surface area contributed by atoms with Gasteiger partial charge in [-0.2, -0.15) is 13.2 Å². The SMILES string of the molecule is CC(N[C@@H]1CC[C@@](C(=O)N2CCN(c3cc(C(F)(F)F)ccn3)CC2)(C(C)C)C1)c1ccccc1. The van der Waals surface area contributed by atoms with Crippen LogP contribution in [-0.4, -0.2) is 48.0 Å². The van der Waals surface area contributed by atoms with Crippen molar-refractivity contribution in [1.82, 2.24) is 15.2 Å². The Morgan fingerprint density at radius 1 is 1.09 bits per heavy atom. The lowest BCUT2D eigenvalue weighted by Gasteiger charge is -2.42. The minimum atomic E-state index is -4.40. The molecule has 1 N–H and O–H groups in total. The Morgan fingerprint density at radius 2 is 1.77 bits per heavy atom. The van der Waals surface area contributed by atoms with Gasteiger partial charge in [0.1, 0.15) is 5.82 Å². The number of carbonyl (C=O) groups is 1. The van der Waals surface area contributed by atoms with Gasteiger partial charge in [-0.25, -0.2) is 4.98 Å². The van der Waals surface area contributed by atoms with Gasteiger partial charge in [0.05, 0.1) is 11.0 Å². The van der Waals surface area contributed by atoms with E-state index in [0.29, 0.717) is 32.0 Å². The van der Waals surface area contributed by atoms with Gasteiger partial charge in [0.15, 0.2) is 0 Å². The summed E-state index contributed by atoms with van der Waals surface area (Å²) < 4.78 is 39.3. The van der Waals surface area contributed by atoms with E-state index >= 15 is 0 Å². The molecule has 5 nitrogen and oxygen atoms in total. The summed E-state index contributed by atoms with van der Waals surface area (Å²) in [7, 11) is 0. The molecule has 2 aromatic rings. The summed E-state index contributed by atoms with van der Waals surface area (Å²) in [6.45, 7) is 8.34. The number of nitrogens with one attached hydrogen (secondary N) is 1. The molecule has 2 heterocycles. The lowest BCUT2D eigenvalue weighted by molar-refractivity contribution is -0.145. The van der Waals surface area contributed by atoms with Crippen molar-refractivity contribution in [3.63, 3.8) is 0 Å². The monoisotopic (exact) mass is 488 g/mol. The highest BCUT2D eigenvalue weighted by atomic mass is 19.4. The summed E-state index contributed by atoms with van der Waals surface area (Å²) in [5.74, 6) is 0.698. The summed E-state index contributed by atoms with van der Waals surface area (Å²) in [4.78, 5) is 21.7. The molecule has 1 aliphatic heterocycles. The van der Waals surface area contributed by atoms with E-state index in [1.54, 1.807) is 0 Å². The van der Waals surface area contributed by atoms with Gasteiger partial charge in [0, 0.05) is 44.5 Å². The molecule has 1 unspecified atom stereocenters. The van der Waals surface area contributed by atoms with Crippen LogP contribution in [0.25, 0.3) is 0 Å². The van der Waals surface area contributed by atoms with Gasteiger partial charge in [-0.05, 0) is 49.8 Å². The molecule has 1 aliphatic carbocycles. The molecular weight excluding hydrogens is 453 g/mol. The number of alkyl halides is 3. The van der Waals surface area contributed by atoms with E-state index in [0.717, 1.165) is 31.4 Å². The van der Waals surface area contributed by atoms with Crippen LogP contribution in [0.3, 0.4) is 0 Å². The van der Waals surface area contributed by atoms with Gasteiger partial charge in [-0.1, -0.05) is 44.2 Å². The first-order chi connectivity index (χ1) is 16.6. The van der Waals surface area contributed by atoms with Gasteiger partial charge in [-0.15, -0.1) is 0 Å². The van der Waals surface area contributed by atoms with Crippen LogP contribution in [0, 0.1) is 11.3 Å². The largest absolute Gasteiger partial charge is 0.416 e. The number of pyridine rings is 1. The van der Waals surface area contributed by atoms with Crippen LogP contribution in [0.5, 0.6) is 0 Å². The minimum absolute atomic E-state index is 0.181. The minimum Gasteiger partial charge on any atom is -0.353 e. The Balaban J connectivity index is 1.39. The average Bonchev–Trinajstić information content (AvgIpc) is 3.29. The number of hydrogen-bond donors (Lipinski definition) is 1. The van der Waals surface area contributed by atoms with E-state index < -0.39 is 17.2 Å². The second-order valence-electron chi connectivity index (χ2n) is 10.2. The number of carbonyl (C=O) groups excluding carboxylic acids is 1. The molecule has 35 heavy (non-hydrogen) atoms. The molecule has 2 fully saturated rings. The van der Waals surface area contributed by atoms with Crippen molar-refractivity contribution >= 4 is 11.7 Å². The van der Waals surface area contributed by atoms with Crippen molar-refractivity contribution in [3.05, 3.63) is 59.8 Å². The van der Waals surface area contributed by atoms with Crippen molar-refractivity contribution in [2.75, 3.05) is 31.1 Å². The number of nitrogens with zero attached hydrogens (tertiary/aromatic N) is 3. The number of halogens is 3. The van der Waals surface area contributed by atoms with E-state index in [1.165, 1.54) is 11.8 Å². The smallest absolute Gasteiger partial charge is 0.353 e. The molecule has 1 aromatic carbocycles. The molecule has 1 amide bonds. The van der Waals surface area contributed by atoms with E-state index in [2.05, 4.69) is 43.2 Å². The van der Waals surface area contributed by atoms with Gasteiger partial charge in [0.2, 0.25) is 5.91 Å². The predicted octanol–water partition coefficient (Wildman–Crippen LogP) is 5.29. The highest BCUT2D eigenvalue weighted by molar-refractivity contribution is 5.84. The Kier molecular flexibility index (Phi) is 7.40. The van der Waals surface area contributed by atoms with Crippen LogP contribution in [0.1, 0.15) is 57.2 Å². The summed E-state index contributed by atoms with van der Waals surface area (Å²) in [6.07, 6.45) is -0.598. The third-order valence-corrected chi connectivity index (χ3v) is 7.83. The van der Waals surface area contributed by atoms with Crippen LogP contribution in [0.2, 0.25) is 0 Å². The molecule has 2 aliphatic rings. The van der Waals surface area contributed by atoms with Crippen LogP contribution < -0.4 is 10.2 Å². The lowest BCUT2D eigenvalue weighted by atomic mass is 9.74. The number of aromatic nitrogens is 1. The second-order valence-corrected chi connectivity index (χ2v) is 10.2. The van der Waals surface area contributed by atoms with Crippen molar-refractivity contribution in [1.29, 1.82) is 0 Å². The van der Waals surface area contributed by atoms with Crippen molar-refractivity contribution in [2.24, 2.45) is 11.3 Å². The maximum atomic E-state index is 13.8. The normalized spacial score (nSPS) is 24.1.